The monoisotopic (exact) mass is 552 g/mol. The maximum Gasteiger partial charge on any atom is 0.269 e. The fraction of sp³-hybridized carbons (Fsp3) is 0.216. The summed E-state index contributed by atoms with van der Waals surface area (Å²) >= 11 is 0. The molecule has 0 aromatic heterocycles. The molecule has 0 bridgehead atoms. The van der Waals surface area contributed by atoms with E-state index in [1.54, 1.807) is 24.3 Å². The smallest absolute Gasteiger partial charge is 0.269 e. The number of nitrogens with zero attached hydrogens (tertiary/aromatic N) is 2. The predicted octanol–water partition coefficient (Wildman–Crippen LogP) is 8.28. The number of benzene rings is 4. The van der Waals surface area contributed by atoms with E-state index >= 15 is 0 Å². The number of fused-ring (bicyclic) bond motifs is 3. The van der Waals surface area contributed by atoms with E-state index in [1.807, 2.05) is 48.5 Å². The van der Waals surface area contributed by atoms with Crippen molar-refractivity contribution in [3.8, 4) is 0 Å². The van der Waals surface area contributed by atoms with Crippen LogP contribution < -0.4 is 4.90 Å². The second-order valence-corrected chi connectivity index (χ2v) is 11.7. The quantitative estimate of drug-likeness (QED) is 0.142. The summed E-state index contributed by atoms with van der Waals surface area (Å²) < 4.78 is 0. The third-order valence-corrected chi connectivity index (χ3v) is 9.84. The van der Waals surface area contributed by atoms with Gasteiger partial charge in [-0.15, -0.1) is 0 Å². The SMILES string of the molecule is CN1c2ccccc2C2(CCCC2)[C@@]12C=C(c1ccccc1)C=C(c1ccc([N+](=O)[O-])cc1)[C@H]2C(=O)c1ccccc1. The molecule has 1 saturated carbocycles. The molecule has 2 aliphatic carbocycles. The number of para-hydroxylation sites is 1. The standard InChI is InChI=1S/C37H32N2O3/c1-38-33-17-9-8-16-32(33)36(22-10-11-23-36)37(38)25-29(26-12-4-2-5-13-26)24-31(27-18-20-30(21-19-27)39(41)42)34(37)35(40)28-14-6-3-7-15-28/h2-9,12-21,24-25,34H,10-11,22-23H2,1H3/t34-,37-/m0/s1. The Labute approximate surface area is 246 Å². The van der Waals surface area contributed by atoms with Crippen molar-refractivity contribution >= 4 is 28.3 Å². The van der Waals surface area contributed by atoms with Crippen molar-refractivity contribution in [1.82, 2.24) is 0 Å². The molecule has 208 valence electrons. The van der Waals surface area contributed by atoms with E-state index in [1.165, 1.54) is 11.3 Å². The number of likely N-dealkylation sites (N-methyl/N-ethyl adjacent to an activating group) is 1. The predicted molar refractivity (Wildman–Crippen MR) is 167 cm³/mol. The Balaban J connectivity index is 1.55. The minimum absolute atomic E-state index is 0.0345. The van der Waals surface area contributed by atoms with Crippen molar-refractivity contribution in [1.29, 1.82) is 0 Å². The normalized spacial score (nSPS) is 22.1. The van der Waals surface area contributed by atoms with E-state index in [9.17, 15) is 14.9 Å². The molecule has 1 heterocycles. The highest BCUT2D eigenvalue weighted by atomic mass is 16.6. The lowest BCUT2D eigenvalue weighted by molar-refractivity contribution is -0.384. The van der Waals surface area contributed by atoms with Gasteiger partial charge in [0.15, 0.2) is 5.78 Å². The minimum Gasteiger partial charge on any atom is -0.363 e. The van der Waals surface area contributed by atoms with E-state index in [-0.39, 0.29) is 21.8 Å². The number of carbonyl (C=O) groups is 1. The summed E-state index contributed by atoms with van der Waals surface area (Å²) in [6.07, 6.45) is 8.70. The Hall–Kier alpha value is -4.77. The lowest BCUT2D eigenvalue weighted by atomic mass is 9.55. The number of Topliss-reactive ketones (excluding diaryl/α,β-unsaturated/α-hetero) is 1. The number of nitro benzene ring substituents is 1. The molecule has 1 aliphatic heterocycles. The Morgan fingerprint density at radius 2 is 1.43 bits per heavy atom. The van der Waals surface area contributed by atoms with Crippen LogP contribution >= 0.6 is 0 Å². The van der Waals surface area contributed by atoms with Crippen LogP contribution in [0.4, 0.5) is 11.4 Å². The average Bonchev–Trinajstić information content (AvgIpc) is 3.62. The van der Waals surface area contributed by atoms with Gasteiger partial charge >= 0.3 is 0 Å². The van der Waals surface area contributed by atoms with Gasteiger partial charge in [-0.3, -0.25) is 14.9 Å². The lowest BCUT2D eigenvalue weighted by Gasteiger charge is -2.53. The Kier molecular flexibility index (Phi) is 6.19. The molecule has 1 fully saturated rings. The molecule has 0 saturated heterocycles. The summed E-state index contributed by atoms with van der Waals surface area (Å²) in [6, 6.07) is 35.3. The third-order valence-electron chi connectivity index (χ3n) is 9.84. The van der Waals surface area contributed by atoms with Crippen LogP contribution in [-0.2, 0) is 5.41 Å². The van der Waals surface area contributed by atoms with Crippen LogP contribution in [0.5, 0.6) is 0 Å². The highest BCUT2D eigenvalue weighted by molar-refractivity contribution is 6.10. The molecule has 42 heavy (non-hydrogen) atoms. The van der Waals surface area contributed by atoms with Gasteiger partial charge < -0.3 is 4.90 Å². The molecule has 0 amide bonds. The van der Waals surface area contributed by atoms with Crippen molar-refractivity contribution in [2.45, 2.75) is 36.6 Å². The van der Waals surface area contributed by atoms with Crippen LogP contribution in [0.2, 0.25) is 0 Å². The number of hydrogen-bond donors (Lipinski definition) is 0. The summed E-state index contributed by atoms with van der Waals surface area (Å²) in [6.45, 7) is 0. The van der Waals surface area contributed by atoms with E-state index in [0.717, 1.165) is 48.0 Å². The van der Waals surface area contributed by atoms with Crippen molar-refractivity contribution < 1.29 is 9.72 Å². The van der Waals surface area contributed by atoms with Crippen LogP contribution in [0.15, 0.2) is 121 Å². The van der Waals surface area contributed by atoms with Crippen LogP contribution in [0, 0.1) is 16.0 Å². The van der Waals surface area contributed by atoms with Crippen LogP contribution in [0.25, 0.3) is 11.1 Å². The fourth-order valence-electron chi connectivity index (χ4n) is 8.04. The zero-order valence-corrected chi connectivity index (χ0v) is 23.6. The molecule has 0 radical (unpaired) electrons. The number of ketones is 1. The third kappa shape index (κ3) is 3.73. The van der Waals surface area contributed by atoms with Crippen molar-refractivity contribution in [3.63, 3.8) is 0 Å². The van der Waals surface area contributed by atoms with Gasteiger partial charge in [-0.1, -0.05) is 91.7 Å². The van der Waals surface area contributed by atoms with Gasteiger partial charge in [0, 0.05) is 35.8 Å². The molecule has 7 rings (SSSR count). The first kappa shape index (κ1) is 26.1. The van der Waals surface area contributed by atoms with Crippen LogP contribution in [-0.4, -0.2) is 23.3 Å². The van der Waals surface area contributed by atoms with Gasteiger partial charge in [0.2, 0.25) is 0 Å². The second kappa shape index (κ2) is 9.95. The summed E-state index contributed by atoms with van der Waals surface area (Å²) in [5.74, 6) is -0.473. The molecule has 5 heteroatoms. The minimum atomic E-state index is -0.683. The number of carbonyl (C=O) groups excluding carboxylic acids is 1. The van der Waals surface area contributed by atoms with Crippen molar-refractivity contribution in [2.24, 2.45) is 5.92 Å². The first-order chi connectivity index (χ1) is 20.5. The van der Waals surface area contributed by atoms with Crippen molar-refractivity contribution in [2.75, 3.05) is 11.9 Å². The van der Waals surface area contributed by atoms with Crippen LogP contribution in [0.1, 0.15) is 52.7 Å². The maximum atomic E-state index is 15.0. The largest absolute Gasteiger partial charge is 0.363 e. The number of anilines is 1. The Bertz CT molecular complexity index is 1740. The average molecular weight is 553 g/mol. The molecule has 5 nitrogen and oxygen atoms in total. The topological polar surface area (TPSA) is 63.4 Å². The van der Waals surface area contributed by atoms with Gasteiger partial charge in [0.25, 0.3) is 5.69 Å². The summed E-state index contributed by atoms with van der Waals surface area (Å²) in [5, 5.41) is 11.5. The second-order valence-electron chi connectivity index (χ2n) is 11.7. The van der Waals surface area contributed by atoms with E-state index < -0.39 is 11.5 Å². The number of non-ortho nitro benzene ring substituents is 1. The van der Waals surface area contributed by atoms with Gasteiger partial charge in [0.05, 0.1) is 16.4 Å². The highest BCUT2D eigenvalue weighted by Crippen LogP contribution is 2.65. The summed E-state index contributed by atoms with van der Waals surface area (Å²) in [5.41, 5.74) is 6.09. The van der Waals surface area contributed by atoms with E-state index in [2.05, 4.69) is 60.5 Å². The number of allylic oxidation sites excluding steroid dienone is 2. The number of rotatable bonds is 5. The van der Waals surface area contributed by atoms with Crippen molar-refractivity contribution in [3.05, 3.63) is 154 Å². The van der Waals surface area contributed by atoms with Gasteiger partial charge in [0.1, 0.15) is 0 Å². The fourth-order valence-corrected chi connectivity index (χ4v) is 8.04. The van der Waals surface area contributed by atoms with E-state index in [4.69, 9.17) is 0 Å². The first-order valence-electron chi connectivity index (χ1n) is 14.6. The van der Waals surface area contributed by atoms with Crippen LogP contribution in [0.3, 0.4) is 0 Å². The summed E-state index contributed by atoms with van der Waals surface area (Å²) in [7, 11) is 2.15. The van der Waals surface area contributed by atoms with Gasteiger partial charge in [-0.2, -0.15) is 0 Å². The molecule has 2 atom stereocenters. The van der Waals surface area contributed by atoms with Gasteiger partial charge in [-0.25, -0.2) is 0 Å². The molecule has 2 spiro atoms. The molecule has 0 unspecified atom stereocenters. The summed E-state index contributed by atoms with van der Waals surface area (Å²) in [4.78, 5) is 28.5. The van der Waals surface area contributed by atoms with Gasteiger partial charge in [-0.05, 0) is 71.0 Å². The van der Waals surface area contributed by atoms with E-state index in [0.29, 0.717) is 5.56 Å². The molecule has 4 aromatic rings. The molecular weight excluding hydrogens is 520 g/mol. The highest BCUT2D eigenvalue weighted by Gasteiger charge is 2.66. The number of hydrogen-bond acceptors (Lipinski definition) is 4. The lowest BCUT2D eigenvalue weighted by Crippen LogP contribution is -2.62. The first-order valence-corrected chi connectivity index (χ1v) is 14.6. The Morgan fingerprint density at radius 3 is 2.10 bits per heavy atom. The zero-order valence-electron chi connectivity index (χ0n) is 23.6. The zero-order chi connectivity index (χ0) is 28.9. The molecule has 0 N–H and O–H groups in total. The molecule has 4 aromatic carbocycles. The molecule has 3 aliphatic rings. The Morgan fingerprint density at radius 1 is 0.810 bits per heavy atom. The molecular formula is C37H32N2O3. The maximum absolute atomic E-state index is 15.0. The number of nitro groups is 1.